The topological polar surface area (TPSA) is 59.2 Å². The smallest absolute Gasteiger partial charge is 0.183 e. The zero-order valence-electron chi connectivity index (χ0n) is 14.7. The molecule has 2 aromatic heterocycles. The molecule has 1 aliphatic rings. The number of hydrogen-bond acceptors (Lipinski definition) is 5. The first kappa shape index (κ1) is 16.2. The van der Waals surface area contributed by atoms with E-state index in [9.17, 15) is 0 Å². The van der Waals surface area contributed by atoms with Gasteiger partial charge in [0.25, 0.3) is 0 Å². The van der Waals surface area contributed by atoms with Crippen LogP contribution in [0, 0.1) is 0 Å². The van der Waals surface area contributed by atoms with E-state index in [1.54, 1.807) is 11.3 Å². The minimum Gasteiger partial charge on any atom is -0.486 e. The molecule has 5 nitrogen and oxygen atoms in total. The van der Waals surface area contributed by atoms with Gasteiger partial charge < -0.3 is 19.8 Å². The summed E-state index contributed by atoms with van der Waals surface area (Å²) in [4.78, 5) is 8.04. The molecular formula is C21H19N3O2S. The first-order valence-electron chi connectivity index (χ1n) is 9.01. The van der Waals surface area contributed by atoms with Gasteiger partial charge in [0.1, 0.15) is 13.2 Å². The van der Waals surface area contributed by atoms with E-state index in [-0.39, 0.29) is 0 Å². The van der Waals surface area contributed by atoms with Crippen molar-refractivity contribution in [2.24, 2.45) is 0 Å². The molecule has 0 bridgehead atoms. The quantitative estimate of drug-likeness (QED) is 0.528. The predicted octanol–water partition coefficient (Wildman–Crippen LogP) is 4.72. The van der Waals surface area contributed by atoms with E-state index >= 15 is 0 Å². The highest BCUT2D eigenvalue weighted by Crippen LogP contribution is 2.35. The number of hydrogen-bond donors (Lipinski definition) is 2. The summed E-state index contributed by atoms with van der Waals surface area (Å²) in [5.74, 6) is 1.60. The van der Waals surface area contributed by atoms with Gasteiger partial charge in [-0.25, -0.2) is 4.98 Å². The van der Waals surface area contributed by atoms with E-state index < -0.39 is 0 Å². The maximum Gasteiger partial charge on any atom is 0.183 e. The zero-order chi connectivity index (χ0) is 18.1. The standard InChI is InChI=1S/C21H19N3O2S/c1-2-4-17-16(3-1)15(12-23-17)7-8-22-21-24-18(13-27-21)14-5-6-19-20(11-14)26-10-9-25-19/h1-6,11-13,23H,7-10H2,(H,22,24). The number of H-pyrrole nitrogens is 1. The van der Waals surface area contributed by atoms with Crippen LogP contribution in [0.5, 0.6) is 11.5 Å². The fourth-order valence-electron chi connectivity index (χ4n) is 3.33. The lowest BCUT2D eigenvalue weighted by Crippen LogP contribution is -2.15. The summed E-state index contributed by atoms with van der Waals surface area (Å²) in [7, 11) is 0. The van der Waals surface area contributed by atoms with Gasteiger partial charge in [-0.05, 0) is 36.2 Å². The third-order valence-corrected chi connectivity index (χ3v) is 5.49. The normalized spacial score (nSPS) is 13.0. The Balaban J connectivity index is 1.26. The summed E-state index contributed by atoms with van der Waals surface area (Å²) < 4.78 is 11.2. The lowest BCUT2D eigenvalue weighted by molar-refractivity contribution is 0.171. The van der Waals surface area contributed by atoms with Crippen molar-refractivity contribution in [2.75, 3.05) is 25.1 Å². The summed E-state index contributed by atoms with van der Waals surface area (Å²) in [5.41, 5.74) is 4.50. The van der Waals surface area contributed by atoms with Gasteiger partial charge in [0, 0.05) is 34.6 Å². The molecule has 2 N–H and O–H groups in total. The van der Waals surface area contributed by atoms with Crippen LogP contribution in [-0.4, -0.2) is 29.7 Å². The molecule has 0 saturated heterocycles. The van der Waals surface area contributed by atoms with Crippen LogP contribution in [-0.2, 0) is 6.42 Å². The summed E-state index contributed by atoms with van der Waals surface area (Å²) in [6.45, 7) is 2.04. The molecule has 0 aliphatic carbocycles. The fourth-order valence-corrected chi connectivity index (χ4v) is 4.08. The molecule has 136 valence electrons. The summed E-state index contributed by atoms with van der Waals surface area (Å²) in [6.07, 6.45) is 3.04. The number of para-hydroxylation sites is 1. The van der Waals surface area contributed by atoms with Crippen molar-refractivity contribution in [1.82, 2.24) is 9.97 Å². The molecule has 27 heavy (non-hydrogen) atoms. The van der Waals surface area contributed by atoms with Gasteiger partial charge >= 0.3 is 0 Å². The van der Waals surface area contributed by atoms with Crippen molar-refractivity contribution >= 4 is 27.4 Å². The van der Waals surface area contributed by atoms with E-state index in [1.807, 2.05) is 18.2 Å². The van der Waals surface area contributed by atoms with E-state index in [2.05, 4.69) is 46.1 Å². The summed E-state index contributed by atoms with van der Waals surface area (Å²) in [6, 6.07) is 14.4. The van der Waals surface area contributed by atoms with E-state index in [0.717, 1.165) is 40.9 Å². The Morgan fingerprint density at radius 3 is 2.93 bits per heavy atom. The molecule has 2 aromatic carbocycles. The lowest BCUT2D eigenvalue weighted by Gasteiger charge is -2.18. The number of ether oxygens (including phenoxy) is 2. The Labute approximate surface area is 161 Å². The number of aromatic nitrogens is 2. The van der Waals surface area contributed by atoms with Crippen molar-refractivity contribution in [3.05, 3.63) is 59.6 Å². The minimum atomic E-state index is 0.591. The molecule has 0 atom stereocenters. The Bertz CT molecular complexity index is 1090. The molecule has 0 amide bonds. The van der Waals surface area contributed by atoms with E-state index in [0.29, 0.717) is 13.2 Å². The average molecular weight is 377 g/mol. The molecule has 0 unspecified atom stereocenters. The third-order valence-electron chi connectivity index (χ3n) is 4.69. The maximum atomic E-state index is 5.67. The van der Waals surface area contributed by atoms with Crippen LogP contribution in [0.15, 0.2) is 54.0 Å². The van der Waals surface area contributed by atoms with Gasteiger partial charge in [-0.2, -0.15) is 0 Å². The highest BCUT2D eigenvalue weighted by molar-refractivity contribution is 7.14. The van der Waals surface area contributed by atoms with Crippen molar-refractivity contribution in [2.45, 2.75) is 6.42 Å². The predicted molar refractivity (Wildman–Crippen MR) is 109 cm³/mol. The Kier molecular flexibility index (Phi) is 4.18. The molecule has 6 heteroatoms. The number of nitrogens with one attached hydrogen (secondary N) is 2. The first-order valence-corrected chi connectivity index (χ1v) is 9.89. The maximum absolute atomic E-state index is 5.67. The first-order chi connectivity index (χ1) is 13.4. The molecule has 0 saturated carbocycles. The van der Waals surface area contributed by atoms with Gasteiger partial charge in [0.05, 0.1) is 5.69 Å². The van der Waals surface area contributed by atoms with Crippen LogP contribution < -0.4 is 14.8 Å². The highest BCUT2D eigenvalue weighted by Gasteiger charge is 2.14. The second kappa shape index (κ2) is 6.96. The summed E-state index contributed by atoms with van der Waals surface area (Å²) >= 11 is 1.62. The lowest BCUT2D eigenvalue weighted by atomic mass is 10.1. The third kappa shape index (κ3) is 3.24. The van der Waals surface area contributed by atoms with E-state index in [4.69, 9.17) is 14.5 Å². The van der Waals surface area contributed by atoms with Crippen molar-refractivity contribution in [3.63, 3.8) is 0 Å². The molecule has 3 heterocycles. The van der Waals surface area contributed by atoms with Crippen molar-refractivity contribution in [3.8, 4) is 22.8 Å². The van der Waals surface area contributed by atoms with Gasteiger partial charge in [-0.1, -0.05) is 18.2 Å². The molecule has 1 aliphatic heterocycles. The number of rotatable bonds is 5. The SMILES string of the molecule is c1ccc2c(CCNc3nc(-c4ccc5c(c4)OCCO5)cs3)c[nH]c2c1. The van der Waals surface area contributed by atoms with E-state index in [1.165, 1.54) is 16.5 Å². The largest absolute Gasteiger partial charge is 0.486 e. The minimum absolute atomic E-state index is 0.591. The molecular weight excluding hydrogens is 358 g/mol. The number of fused-ring (bicyclic) bond motifs is 2. The average Bonchev–Trinajstić information content (AvgIpc) is 3.35. The number of benzene rings is 2. The van der Waals surface area contributed by atoms with Crippen LogP contribution >= 0.6 is 11.3 Å². The van der Waals surface area contributed by atoms with Crippen LogP contribution in [0.25, 0.3) is 22.2 Å². The number of aromatic amines is 1. The summed E-state index contributed by atoms with van der Waals surface area (Å²) in [5, 5.41) is 7.72. The molecule has 4 aromatic rings. The highest BCUT2D eigenvalue weighted by atomic mass is 32.1. The van der Waals surface area contributed by atoms with Crippen LogP contribution in [0.3, 0.4) is 0 Å². The van der Waals surface area contributed by atoms with Gasteiger partial charge in [-0.3, -0.25) is 0 Å². The monoisotopic (exact) mass is 377 g/mol. The molecule has 0 radical (unpaired) electrons. The fraction of sp³-hybridized carbons (Fsp3) is 0.190. The zero-order valence-corrected chi connectivity index (χ0v) is 15.5. The Morgan fingerprint density at radius 2 is 1.96 bits per heavy atom. The number of thiazole rings is 1. The van der Waals surface area contributed by atoms with Gasteiger partial charge in [0.2, 0.25) is 0 Å². The van der Waals surface area contributed by atoms with Crippen molar-refractivity contribution in [1.29, 1.82) is 0 Å². The van der Waals surface area contributed by atoms with Crippen LogP contribution in [0.2, 0.25) is 0 Å². The molecule has 0 fully saturated rings. The Morgan fingerprint density at radius 1 is 1.07 bits per heavy atom. The van der Waals surface area contributed by atoms with Crippen LogP contribution in [0.4, 0.5) is 5.13 Å². The van der Waals surface area contributed by atoms with Crippen molar-refractivity contribution < 1.29 is 9.47 Å². The number of anilines is 1. The molecule has 0 spiro atoms. The van der Waals surface area contributed by atoms with Crippen LogP contribution in [0.1, 0.15) is 5.56 Å². The molecule has 5 rings (SSSR count). The number of nitrogens with zero attached hydrogens (tertiary/aromatic N) is 1. The second-order valence-electron chi connectivity index (χ2n) is 6.43. The van der Waals surface area contributed by atoms with Gasteiger partial charge in [-0.15, -0.1) is 11.3 Å². The van der Waals surface area contributed by atoms with Gasteiger partial charge in [0.15, 0.2) is 16.6 Å². The second-order valence-corrected chi connectivity index (χ2v) is 7.29. The Hall–Kier alpha value is -2.99.